The Kier molecular flexibility index (Phi) is 6.71. The zero-order chi connectivity index (χ0) is 21.6. The number of carbonyl (C=O) groups is 1. The molecule has 0 bridgehead atoms. The van der Waals surface area contributed by atoms with E-state index in [1.807, 2.05) is 6.07 Å². The molecule has 30 heavy (non-hydrogen) atoms. The highest BCUT2D eigenvalue weighted by molar-refractivity contribution is 5.90. The summed E-state index contributed by atoms with van der Waals surface area (Å²) in [5, 5.41) is 3.20. The van der Waals surface area contributed by atoms with Crippen LogP contribution in [0, 0.1) is 0 Å². The minimum atomic E-state index is -4.75. The second-order valence-corrected chi connectivity index (χ2v) is 6.69. The Morgan fingerprint density at radius 2 is 1.77 bits per heavy atom. The molecular formula is C21H20F3N3O3. The molecule has 1 amide bonds. The molecule has 6 nitrogen and oxygen atoms in total. The van der Waals surface area contributed by atoms with Crippen LogP contribution in [0.1, 0.15) is 25.7 Å². The maximum absolute atomic E-state index is 12.4. The van der Waals surface area contributed by atoms with Gasteiger partial charge in [0.1, 0.15) is 5.75 Å². The van der Waals surface area contributed by atoms with Crippen molar-refractivity contribution >= 4 is 22.5 Å². The van der Waals surface area contributed by atoms with E-state index < -0.39 is 6.36 Å². The van der Waals surface area contributed by atoms with E-state index in [-0.39, 0.29) is 23.6 Å². The molecule has 1 aromatic heterocycles. The Morgan fingerprint density at radius 1 is 1.03 bits per heavy atom. The molecule has 0 saturated heterocycles. The summed E-state index contributed by atoms with van der Waals surface area (Å²) in [5.74, 6) is -0.581. The number of nitrogens with one attached hydrogen (secondary N) is 1. The standard InChI is InChI=1S/C21H20F3N3O3/c22-21(23,24)30-16-11-9-15(10-12-16)26-19(28)8-2-1-5-13-27-14-25-18-7-4-3-6-17(18)20(27)29/h3-4,6-7,9-12,14H,1-2,5,8,13H2,(H,26,28). The number of nitrogens with zero attached hydrogens (tertiary/aromatic N) is 2. The van der Waals surface area contributed by atoms with Crippen LogP contribution in [-0.2, 0) is 11.3 Å². The molecule has 3 aromatic rings. The van der Waals surface area contributed by atoms with Gasteiger partial charge in [-0.2, -0.15) is 0 Å². The minimum Gasteiger partial charge on any atom is -0.406 e. The number of aryl methyl sites for hydroxylation is 1. The molecular weight excluding hydrogens is 399 g/mol. The average Bonchev–Trinajstić information content (AvgIpc) is 2.70. The third kappa shape index (κ3) is 6.07. The molecule has 1 heterocycles. The van der Waals surface area contributed by atoms with Crippen molar-refractivity contribution in [2.24, 2.45) is 0 Å². The summed E-state index contributed by atoms with van der Waals surface area (Å²) < 4.78 is 41.8. The number of rotatable bonds is 8. The zero-order valence-electron chi connectivity index (χ0n) is 16.0. The van der Waals surface area contributed by atoms with Gasteiger partial charge in [0.15, 0.2) is 0 Å². The maximum atomic E-state index is 12.4. The van der Waals surface area contributed by atoms with Crippen molar-refractivity contribution in [1.82, 2.24) is 9.55 Å². The quantitative estimate of drug-likeness (QED) is 0.546. The fourth-order valence-electron chi connectivity index (χ4n) is 2.97. The van der Waals surface area contributed by atoms with Crippen LogP contribution in [0.4, 0.5) is 18.9 Å². The number of hydrogen-bond acceptors (Lipinski definition) is 4. The van der Waals surface area contributed by atoms with E-state index in [0.29, 0.717) is 29.6 Å². The van der Waals surface area contributed by atoms with Crippen LogP contribution in [0.2, 0.25) is 0 Å². The molecule has 0 atom stereocenters. The second kappa shape index (κ2) is 9.43. The number of carbonyl (C=O) groups excluding carboxylic acids is 1. The van der Waals surface area contributed by atoms with Gasteiger partial charge in [-0.05, 0) is 49.2 Å². The first-order valence-corrected chi connectivity index (χ1v) is 9.42. The number of para-hydroxylation sites is 1. The van der Waals surface area contributed by atoms with Crippen molar-refractivity contribution < 1.29 is 22.7 Å². The maximum Gasteiger partial charge on any atom is 0.573 e. The number of ether oxygens (including phenoxy) is 1. The molecule has 9 heteroatoms. The normalized spacial score (nSPS) is 11.4. The predicted molar refractivity (Wildman–Crippen MR) is 106 cm³/mol. The lowest BCUT2D eigenvalue weighted by Crippen LogP contribution is -2.20. The Bertz CT molecular complexity index is 1060. The van der Waals surface area contributed by atoms with Crippen molar-refractivity contribution in [3.8, 4) is 5.75 Å². The lowest BCUT2D eigenvalue weighted by molar-refractivity contribution is -0.274. The molecule has 1 N–H and O–H groups in total. The Morgan fingerprint density at radius 3 is 2.50 bits per heavy atom. The van der Waals surface area contributed by atoms with Gasteiger partial charge < -0.3 is 10.1 Å². The van der Waals surface area contributed by atoms with Crippen molar-refractivity contribution in [2.75, 3.05) is 5.32 Å². The van der Waals surface area contributed by atoms with Crippen molar-refractivity contribution in [3.05, 3.63) is 65.2 Å². The van der Waals surface area contributed by atoms with E-state index in [2.05, 4.69) is 15.0 Å². The number of anilines is 1. The Hall–Kier alpha value is -3.36. The number of fused-ring (bicyclic) bond motifs is 1. The van der Waals surface area contributed by atoms with Crippen LogP contribution in [0.15, 0.2) is 59.7 Å². The van der Waals surface area contributed by atoms with E-state index in [0.717, 1.165) is 25.0 Å². The van der Waals surface area contributed by atoms with Gasteiger partial charge in [0.25, 0.3) is 5.56 Å². The first-order valence-electron chi connectivity index (χ1n) is 9.42. The lowest BCUT2D eigenvalue weighted by atomic mass is 10.2. The third-order valence-corrected chi connectivity index (χ3v) is 4.41. The molecule has 0 unspecified atom stereocenters. The summed E-state index contributed by atoms with van der Waals surface area (Å²) in [6.07, 6.45) is -0.868. The fraction of sp³-hybridized carbons (Fsp3) is 0.286. The van der Waals surface area contributed by atoms with Crippen LogP contribution in [0.5, 0.6) is 5.75 Å². The van der Waals surface area contributed by atoms with Gasteiger partial charge in [0, 0.05) is 18.7 Å². The van der Waals surface area contributed by atoms with Crippen LogP contribution < -0.4 is 15.6 Å². The monoisotopic (exact) mass is 419 g/mol. The number of alkyl halides is 3. The number of halogens is 3. The molecule has 0 aliphatic carbocycles. The SMILES string of the molecule is O=C(CCCCCn1cnc2ccccc2c1=O)Nc1ccc(OC(F)(F)F)cc1. The van der Waals surface area contributed by atoms with Crippen LogP contribution in [-0.4, -0.2) is 21.8 Å². The van der Waals surface area contributed by atoms with E-state index in [9.17, 15) is 22.8 Å². The van der Waals surface area contributed by atoms with E-state index in [4.69, 9.17) is 0 Å². The smallest absolute Gasteiger partial charge is 0.406 e. The molecule has 0 radical (unpaired) electrons. The summed E-state index contributed by atoms with van der Waals surface area (Å²) in [4.78, 5) is 28.6. The number of amides is 1. The molecule has 0 spiro atoms. The lowest BCUT2D eigenvalue weighted by Gasteiger charge is -2.10. The van der Waals surface area contributed by atoms with Crippen molar-refractivity contribution in [2.45, 2.75) is 38.6 Å². The molecule has 158 valence electrons. The van der Waals surface area contributed by atoms with Gasteiger partial charge in [-0.1, -0.05) is 18.6 Å². The molecule has 0 saturated carbocycles. The summed E-state index contributed by atoms with van der Waals surface area (Å²) in [6.45, 7) is 0.513. The first kappa shape index (κ1) is 21.4. The zero-order valence-corrected chi connectivity index (χ0v) is 16.0. The van der Waals surface area contributed by atoms with E-state index >= 15 is 0 Å². The van der Waals surface area contributed by atoms with Gasteiger partial charge >= 0.3 is 6.36 Å². The number of aromatic nitrogens is 2. The van der Waals surface area contributed by atoms with E-state index in [1.54, 1.807) is 22.8 Å². The third-order valence-electron chi connectivity index (χ3n) is 4.41. The average molecular weight is 419 g/mol. The summed E-state index contributed by atoms with van der Waals surface area (Å²) in [6, 6.07) is 12.1. The fourth-order valence-corrected chi connectivity index (χ4v) is 2.97. The van der Waals surface area contributed by atoms with Crippen LogP contribution in [0.25, 0.3) is 10.9 Å². The number of benzene rings is 2. The summed E-state index contributed by atoms with van der Waals surface area (Å²) >= 11 is 0. The van der Waals surface area contributed by atoms with E-state index in [1.165, 1.54) is 18.5 Å². The molecule has 3 rings (SSSR count). The number of hydrogen-bond donors (Lipinski definition) is 1. The second-order valence-electron chi connectivity index (χ2n) is 6.69. The van der Waals surface area contributed by atoms with Crippen LogP contribution >= 0.6 is 0 Å². The summed E-state index contributed by atoms with van der Waals surface area (Å²) in [7, 11) is 0. The largest absolute Gasteiger partial charge is 0.573 e. The molecule has 0 fully saturated rings. The van der Waals surface area contributed by atoms with Crippen LogP contribution in [0.3, 0.4) is 0 Å². The van der Waals surface area contributed by atoms with Gasteiger partial charge in [-0.3, -0.25) is 14.2 Å². The predicted octanol–water partition coefficient (Wildman–Crippen LogP) is 4.49. The summed E-state index contributed by atoms with van der Waals surface area (Å²) in [5.41, 5.74) is 0.966. The molecule has 0 aliphatic rings. The first-order chi connectivity index (χ1) is 14.3. The van der Waals surface area contributed by atoms with Gasteiger partial charge in [-0.15, -0.1) is 13.2 Å². The molecule has 2 aromatic carbocycles. The topological polar surface area (TPSA) is 73.2 Å². The number of unbranched alkanes of at least 4 members (excludes halogenated alkanes) is 2. The van der Waals surface area contributed by atoms with Gasteiger partial charge in [0.2, 0.25) is 5.91 Å². The molecule has 0 aliphatic heterocycles. The van der Waals surface area contributed by atoms with Crippen molar-refractivity contribution in [1.29, 1.82) is 0 Å². The van der Waals surface area contributed by atoms with Gasteiger partial charge in [-0.25, -0.2) is 4.98 Å². The Balaban J connectivity index is 1.40. The highest BCUT2D eigenvalue weighted by Gasteiger charge is 2.30. The highest BCUT2D eigenvalue weighted by atomic mass is 19.4. The minimum absolute atomic E-state index is 0.0868. The highest BCUT2D eigenvalue weighted by Crippen LogP contribution is 2.24. The Labute approximate surface area is 170 Å². The van der Waals surface area contributed by atoms with Gasteiger partial charge in [0.05, 0.1) is 17.2 Å². The van der Waals surface area contributed by atoms with Crippen molar-refractivity contribution in [3.63, 3.8) is 0 Å².